The monoisotopic (exact) mass is 347 g/mol. The molecule has 1 saturated heterocycles. The Kier molecular flexibility index (Phi) is 5.41. The van der Waals surface area contributed by atoms with Gasteiger partial charge in [-0.15, -0.1) is 0 Å². The number of rotatable bonds is 7. The summed E-state index contributed by atoms with van der Waals surface area (Å²) in [4.78, 5) is 18.4. The zero-order valence-corrected chi connectivity index (χ0v) is 14.4. The maximum atomic E-state index is 12.2. The van der Waals surface area contributed by atoms with Gasteiger partial charge < -0.3 is 10.0 Å². The molecule has 9 heteroatoms. The first-order chi connectivity index (χ1) is 10.4. The first kappa shape index (κ1) is 17.2. The summed E-state index contributed by atoms with van der Waals surface area (Å²) in [6, 6.07) is -0.381. The van der Waals surface area contributed by atoms with Gasteiger partial charge in [0.1, 0.15) is 4.21 Å². The number of amides is 2. The SMILES string of the molecule is CCCCCCS(=O)(=O)c1cnc(N2C(=O)N(C)CC2O)s1. The number of thiazole rings is 1. The summed E-state index contributed by atoms with van der Waals surface area (Å²) in [6.45, 7) is 2.25. The number of carbonyl (C=O) groups is 1. The number of unbranched alkanes of at least 4 members (excludes halogenated alkanes) is 3. The number of nitrogens with zero attached hydrogens (tertiary/aromatic N) is 3. The highest BCUT2D eigenvalue weighted by Crippen LogP contribution is 2.31. The Morgan fingerprint density at radius 3 is 2.73 bits per heavy atom. The van der Waals surface area contributed by atoms with Crippen molar-refractivity contribution in [2.24, 2.45) is 0 Å². The van der Waals surface area contributed by atoms with E-state index in [0.717, 1.165) is 35.5 Å². The summed E-state index contributed by atoms with van der Waals surface area (Å²) in [5.41, 5.74) is 0. The Bertz CT molecular complexity index is 629. The molecule has 0 spiro atoms. The summed E-state index contributed by atoms with van der Waals surface area (Å²) in [6.07, 6.45) is 3.85. The van der Waals surface area contributed by atoms with Crippen molar-refractivity contribution in [1.82, 2.24) is 9.88 Å². The van der Waals surface area contributed by atoms with Crippen LogP contribution in [0.2, 0.25) is 0 Å². The second kappa shape index (κ2) is 6.93. The summed E-state index contributed by atoms with van der Waals surface area (Å²) in [7, 11) is -1.80. The molecular weight excluding hydrogens is 326 g/mol. The third kappa shape index (κ3) is 3.58. The molecule has 22 heavy (non-hydrogen) atoms. The van der Waals surface area contributed by atoms with Crippen molar-refractivity contribution in [2.75, 3.05) is 24.2 Å². The molecule has 1 aliphatic heterocycles. The van der Waals surface area contributed by atoms with E-state index in [1.807, 2.05) is 0 Å². The van der Waals surface area contributed by atoms with Crippen LogP contribution in [0.1, 0.15) is 32.6 Å². The number of β-amino-alcohol motifs (C(OH)–C–C–N with tert-alkyl or cyclic N) is 1. The van der Waals surface area contributed by atoms with Crippen molar-refractivity contribution in [3.8, 4) is 0 Å². The minimum absolute atomic E-state index is 0.0883. The van der Waals surface area contributed by atoms with Crippen molar-refractivity contribution in [1.29, 1.82) is 0 Å². The zero-order chi connectivity index (χ0) is 16.3. The van der Waals surface area contributed by atoms with Crippen LogP contribution < -0.4 is 4.90 Å². The predicted octanol–water partition coefficient (Wildman–Crippen LogP) is 1.69. The third-order valence-electron chi connectivity index (χ3n) is 3.52. The molecule has 1 N–H and O–H groups in total. The molecule has 124 valence electrons. The fourth-order valence-electron chi connectivity index (χ4n) is 2.25. The predicted molar refractivity (Wildman–Crippen MR) is 84.8 cm³/mol. The number of anilines is 1. The summed E-state index contributed by atoms with van der Waals surface area (Å²) >= 11 is 0.930. The van der Waals surface area contributed by atoms with Crippen LogP contribution in [0.15, 0.2) is 10.4 Å². The van der Waals surface area contributed by atoms with E-state index in [1.54, 1.807) is 7.05 Å². The largest absolute Gasteiger partial charge is 0.371 e. The van der Waals surface area contributed by atoms with E-state index in [2.05, 4.69) is 11.9 Å². The van der Waals surface area contributed by atoms with Gasteiger partial charge in [-0.05, 0) is 6.42 Å². The van der Waals surface area contributed by atoms with Gasteiger partial charge in [-0.3, -0.25) is 0 Å². The van der Waals surface area contributed by atoms with Crippen molar-refractivity contribution in [3.63, 3.8) is 0 Å². The number of hydrogen-bond donors (Lipinski definition) is 1. The lowest BCUT2D eigenvalue weighted by atomic mass is 10.2. The van der Waals surface area contributed by atoms with Crippen LogP contribution in [0, 0.1) is 0 Å². The number of likely N-dealkylation sites (N-methyl/N-ethyl adjacent to an activating group) is 1. The van der Waals surface area contributed by atoms with Gasteiger partial charge >= 0.3 is 6.03 Å². The lowest BCUT2D eigenvalue weighted by molar-refractivity contribution is 0.183. The number of aromatic nitrogens is 1. The van der Waals surface area contributed by atoms with Gasteiger partial charge in [-0.2, -0.15) is 0 Å². The minimum Gasteiger partial charge on any atom is -0.371 e. The molecule has 1 fully saturated rings. The number of carbonyl (C=O) groups excluding carboxylic acids is 1. The Morgan fingerprint density at radius 2 is 2.14 bits per heavy atom. The first-order valence-electron chi connectivity index (χ1n) is 7.28. The number of hydrogen-bond acceptors (Lipinski definition) is 6. The minimum atomic E-state index is -3.38. The van der Waals surface area contributed by atoms with Gasteiger partial charge in [-0.25, -0.2) is 23.1 Å². The standard InChI is InChI=1S/C13H21N3O4S2/c1-3-4-5-6-7-22(19,20)11-8-14-12(21-11)16-10(17)9-15(2)13(16)18/h8,10,17H,3-7,9H2,1-2H3. The average molecular weight is 347 g/mol. The van der Waals surface area contributed by atoms with Crippen LogP contribution in [0.3, 0.4) is 0 Å². The van der Waals surface area contributed by atoms with Gasteiger partial charge in [0.25, 0.3) is 0 Å². The maximum absolute atomic E-state index is 12.2. The lowest BCUT2D eigenvalue weighted by Crippen LogP contribution is -2.34. The van der Waals surface area contributed by atoms with Gasteiger partial charge in [-0.1, -0.05) is 37.5 Å². The maximum Gasteiger partial charge on any atom is 0.328 e. The van der Waals surface area contributed by atoms with Crippen LogP contribution in [-0.4, -0.2) is 55.0 Å². The number of urea groups is 1. The molecule has 7 nitrogen and oxygen atoms in total. The first-order valence-corrected chi connectivity index (χ1v) is 9.74. The van der Waals surface area contributed by atoms with Crippen LogP contribution in [0.5, 0.6) is 0 Å². The van der Waals surface area contributed by atoms with Crippen molar-refractivity contribution < 1.29 is 18.3 Å². The fourth-order valence-corrected chi connectivity index (χ4v) is 4.92. The fraction of sp³-hybridized carbons (Fsp3) is 0.692. The van der Waals surface area contributed by atoms with Crippen molar-refractivity contribution in [2.45, 2.75) is 43.0 Å². The van der Waals surface area contributed by atoms with Crippen molar-refractivity contribution in [3.05, 3.63) is 6.20 Å². The molecule has 1 aromatic rings. The van der Waals surface area contributed by atoms with Gasteiger partial charge in [0.15, 0.2) is 21.2 Å². The second-order valence-electron chi connectivity index (χ2n) is 5.36. The van der Waals surface area contributed by atoms with Crippen LogP contribution in [-0.2, 0) is 9.84 Å². The molecule has 0 aromatic carbocycles. The molecule has 0 aliphatic carbocycles. The molecule has 1 aromatic heterocycles. The lowest BCUT2D eigenvalue weighted by Gasteiger charge is -2.14. The second-order valence-corrected chi connectivity index (χ2v) is 8.70. The molecule has 2 heterocycles. The van der Waals surface area contributed by atoms with Gasteiger partial charge in [0, 0.05) is 7.05 Å². The van der Waals surface area contributed by atoms with Gasteiger partial charge in [0.2, 0.25) is 0 Å². The Morgan fingerprint density at radius 1 is 1.41 bits per heavy atom. The third-order valence-corrected chi connectivity index (χ3v) is 6.87. The van der Waals surface area contributed by atoms with Gasteiger partial charge in [0.05, 0.1) is 18.5 Å². The molecule has 0 saturated carbocycles. The van der Waals surface area contributed by atoms with Crippen LogP contribution >= 0.6 is 11.3 Å². The zero-order valence-electron chi connectivity index (χ0n) is 12.7. The average Bonchev–Trinajstić information content (AvgIpc) is 3.02. The molecular formula is C13H21N3O4S2. The molecule has 2 amide bonds. The van der Waals surface area contributed by atoms with E-state index in [1.165, 1.54) is 11.1 Å². The number of aliphatic hydroxyl groups is 1. The van der Waals surface area contributed by atoms with E-state index in [-0.39, 0.29) is 27.7 Å². The number of aliphatic hydroxyl groups excluding tert-OH is 1. The molecule has 1 aliphatic rings. The summed E-state index contributed by atoms with van der Waals surface area (Å²) < 4.78 is 24.6. The van der Waals surface area contributed by atoms with E-state index < -0.39 is 16.1 Å². The Hall–Kier alpha value is -1.19. The van der Waals surface area contributed by atoms with Crippen LogP contribution in [0.4, 0.5) is 9.93 Å². The highest BCUT2D eigenvalue weighted by Gasteiger charge is 2.37. The Labute approximate surface area is 134 Å². The molecule has 1 unspecified atom stereocenters. The molecule has 2 rings (SSSR count). The summed E-state index contributed by atoms with van der Waals surface area (Å²) in [5.74, 6) is 0.0883. The van der Waals surface area contributed by atoms with E-state index in [9.17, 15) is 18.3 Å². The highest BCUT2D eigenvalue weighted by atomic mass is 32.2. The smallest absolute Gasteiger partial charge is 0.328 e. The normalized spacial score (nSPS) is 19.2. The summed E-state index contributed by atoms with van der Waals surface area (Å²) in [5, 5.41) is 10.1. The Balaban J connectivity index is 2.09. The van der Waals surface area contributed by atoms with E-state index in [4.69, 9.17) is 0 Å². The van der Waals surface area contributed by atoms with E-state index in [0.29, 0.717) is 6.42 Å². The topological polar surface area (TPSA) is 90.8 Å². The van der Waals surface area contributed by atoms with E-state index >= 15 is 0 Å². The van der Waals surface area contributed by atoms with Crippen LogP contribution in [0.25, 0.3) is 0 Å². The molecule has 1 atom stereocenters. The quantitative estimate of drug-likeness (QED) is 0.758. The molecule has 0 bridgehead atoms. The van der Waals surface area contributed by atoms with Crippen molar-refractivity contribution >= 4 is 32.3 Å². The molecule has 0 radical (unpaired) electrons. The number of sulfone groups is 1. The highest BCUT2D eigenvalue weighted by molar-refractivity contribution is 7.93.